The number of rotatable bonds is 6. The molecule has 0 saturated carbocycles. The largest absolute Gasteiger partial charge is 0.404 e. The predicted octanol–water partition coefficient (Wildman–Crippen LogP) is 3.60. The second-order valence-corrected chi connectivity index (χ2v) is 9.98. The molecule has 2 unspecified atom stereocenters. The summed E-state index contributed by atoms with van der Waals surface area (Å²) in [4.78, 5) is 9.00. The molecule has 0 aromatic rings. The van der Waals surface area contributed by atoms with Crippen LogP contribution in [-0.4, -0.2) is 73.6 Å². The number of nitriles is 1. The molecule has 0 bridgehead atoms. The van der Waals surface area contributed by atoms with E-state index in [9.17, 15) is 5.26 Å². The molecule has 4 rings (SSSR count). The van der Waals surface area contributed by atoms with Gasteiger partial charge in [0.15, 0.2) is 0 Å². The fourth-order valence-electron chi connectivity index (χ4n) is 5.70. The number of allylic oxidation sites excluding steroid dienone is 6. The van der Waals surface area contributed by atoms with Crippen molar-refractivity contribution in [3.63, 3.8) is 0 Å². The third-order valence-corrected chi connectivity index (χ3v) is 7.78. The van der Waals surface area contributed by atoms with Gasteiger partial charge in [0.1, 0.15) is 5.92 Å². The smallest absolute Gasteiger partial charge is 0.110 e. The van der Waals surface area contributed by atoms with Gasteiger partial charge in [-0.05, 0) is 68.5 Å². The maximum absolute atomic E-state index is 9.75. The van der Waals surface area contributed by atoms with Crippen LogP contribution in [0.1, 0.15) is 26.2 Å². The number of hydrazone groups is 1. The van der Waals surface area contributed by atoms with Gasteiger partial charge >= 0.3 is 0 Å². The minimum atomic E-state index is -0.321. The van der Waals surface area contributed by atoms with E-state index in [1.165, 1.54) is 32.4 Å². The van der Waals surface area contributed by atoms with Gasteiger partial charge in [-0.3, -0.25) is 10.0 Å². The summed E-state index contributed by atoms with van der Waals surface area (Å²) in [6.07, 6.45) is 19.1. The summed E-state index contributed by atoms with van der Waals surface area (Å²) >= 11 is 0. The van der Waals surface area contributed by atoms with Crippen LogP contribution in [0.2, 0.25) is 0 Å². The second-order valence-electron chi connectivity index (χ2n) is 9.98. The zero-order valence-corrected chi connectivity index (χ0v) is 21.2. The Balaban J connectivity index is 1.52. The number of aliphatic imine (C=N–C) groups is 1. The number of hydrogen-bond donors (Lipinski definition) is 1. The van der Waals surface area contributed by atoms with Gasteiger partial charge < -0.3 is 15.5 Å². The maximum Gasteiger partial charge on any atom is 0.110 e. The topological polar surface area (TPSA) is 84.2 Å². The van der Waals surface area contributed by atoms with E-state index in [1.807, 2.05) is 18.1 Å². The Morgan fingerprint density at radius 1 is 1.26 bits per heavy atom. The van der Waals surface area contributed by atoms with Gasteiger partial charge in [-0.2, -0.15) is 10.4 Å². The summed E-state index contributed by atoms with van der Waals surface area (Å²) in [7, 11) is 3.95. The van der Waals surface area contributed by atoms with Gasteiger partial charge in [0.2, 0.25) is 0 Å². The van der Waals surface area contributed by atoms with Crippen LogP contribution in [0.3, 0.4) is 0 Å². The quantitative estimate of drug-likeness (QED) is 0.473. The highest BCUT2D eigenvalue weighted by molar-refractivity contribution is 5.86. The van der Waals surface area contributed by atoms with Crippen LogP contribution in [0, 0.1) is 22.7 Å². The van der Waals surface area contributed by atoms with Gasteiger partial charge in [0.25, 0.3) is 0 Å². The third-order valence-electron chi connectivity index (χ3n) is 7.78. The number of hydrogen-bond acceptors (Lipinski definition) is 7. The molecule has 35 heavy (non-hydrogen) atoms. The van der Waals surface area contributed by atoms with Crippen LogP contribution in [-0.2, 0) is 0 Å². The van der Waals surface area contributed by atoms with Crippen molar-refractivity contribution in [3.8, 4) is 6.07 Å². The Labute approximate surface area is 209 Å². The van der Waals surface area contributed by atoms with Crippen molar-refractivity contribution in [2.75, 3.05) is 40.3 Å². The summed E-state index contributed by atoms with van der Waals surface area (Å²) in [6, 6.07) is 2.22. The molecule has 4 heterocycles. The minimum Gasteiger partial charge on any atom is -0.404 e. The highest BCUT2D eigenvalue weighted by Gasteiger charge is 2.39. The van der Waals surface area contributed by atoms with Crippen LogP contribution in [0.15, 0.2) is 81.4 Å². The van der Waals surface area contributed by atoms with E-state index in [2.05, 4.69) is 63.9 Å². The summed E-state index contributed by atoms with van der Waals surface area (Å²) in [5, 5.41) is 16.1. The predicted molar refractivity (Wildman–Crippen MR) is 143 cm³/mol. The lowest BCUT2D eigenvalue weighted by atomic mass is 9.77. The number of nitrogens with zero attached hydrogens (tertiary/aromatic N) is 6. The highest BCUT2D eigenvalue weighted by atomic mass is 15.5. The van der Waals surface area contributed by atoms with E-state index in [0.29, 0.717) is 5.41 Å². The summed E-state index contributed by atoms with van der Waals surface area (Å²) in [5.41, 5.74) is 11.2. The molecule has 4 aliphatic rings. The first-order valence-electron chi connectivity index (χ1n) is 12.4. The van der Waals surface area contributed by atoms with Crippen LogP contribution in [0.4, 0.5) is 0 Å². The molecule has 2 fully saturated rings. The molecule has 4 aliphatic heterocycles. The fourth-order valence-corrected chi connectivity index (χ4v) is 5.70. The first-order chi connectivity index (χ1) is 16.9. The van der Waals surface area contributed by atoms with Crippen LogP contribution >= 0.6 is 0 Å². The molecule has 0 amide bonds. The maximum atomic E-state index is 9.75. The van der Waals surface area contributed by atoms with Crippen molar-refractivity contribution < 1.29 is 0 Å². The minimum absolute atomic E-state index is 0.167. The Bertz CT molecular complexity index is 1090. The third kappa shape index (κ3) is 5.03. The van der Waals surface area contributed by atoms with E-state index in [4.69, 9.17) is 5.73 Å². The summed E-state index contributed by atoms with van der Waals surface area (Å²) in [5.74, 6) is -0.321. The zero-order chi connectivity index (χ0) is 25.0. The van der Waals surface area contributed by atoms with Gasteiger partial charge in [-0.1, -0.05) is 18.7 Å². The lowest BCUT2D eigenvalue weighted by molar-refractivity contribution is 0.137. The number of piperidine rings is 1. The van der Waals surface area contributed by atoms with Crippen molar-refractivity contribution >= 4 is 12.4 Å². The molecular weight excluding hydrogens is 434 g/mol. The molecular formula is C28H37N7. The molecule has 2 saturated heterocycles. The fraction of sp³-hybridized carbons (Fsp3) is 0.464. The van der Waals surface area contributed by atoms with Gasteiger partial charge in [-0.25, -0.2) is 0 Å². The van der Waals surface area contributed by atoms with Gasteiger partial charge in [0.05, 0.1) is 12.1 Å². The molecule has 0 aromatic heterocycles. The standard InChI is InChI=1S/C28H37N7/c1-5-22(7-6-21(2)34-12-9-28(10-13-34)8-11-33(4)20-28)26-14-23(24(15-29)17-31-3)19-35-27(26)25(16-30)18-32-35/h5-7,14-15,17-19,25,27H,2,8-13,20,29H2,1,3-4H3/b7-6-,22-5+,24-15?,31-17?. The van der Waals surface area contributed by atoms with Crippen LogP contribution < -0.4 is 5.73 Å². The van der Waals surface area contributed by atoms with Crippen molar-refractivity contribution in [2.24, 2.45) is 27.2 Å². The molecule has 7 nitrogen and oxygen atoms in total. The van der Waals surface area contributed by atoms with E-state index in [0.717, 1.165) is 41.1 Å². The molecule has 7 heteroatoms. The molecule has 0 radical (unpaired) electrons. The molecule has 2 N–H and O–H groups in total. The van der Waals surface area contributed by atoms with Crippen molar-refractivity contribution in [2.45, 2.75) is 32.2 Å². The van der Waals surface area contributed by atoms with Crippen molar-refractivity contribution in [3.05, 3.63) is 71.3 Å². The highest BCUT2D eigenvalue weighted by Crippen LogP contribution is 2.41. The Morgan fingerprint density at radius 3 is 2.60 bits per heavy atom. The lowest BCUT2D eigenvalue weighted by Crippen LogP contribution is -2.40. The zero-order valence-electron chi connectivity index (χ0n) is 21.2. The van der Waals surface area contributed by atoms with Crippen LogP contribution in [0.5, 0.6) is 0 Å². The average molecular weight is 472 g/mol. The van der Waals surface area contributed by atoms with Crippen molar-refractivity contribution in [1.29, 1.82) is 5.26 Å². The normalized spacial score (nSPS) is 27.0. The van der Waals surface area contributed by atoms with Gasteiger partial charge in [-0.15, -0.1) is 0 Å². The number of fused-ring (bicyclic) bond motifs is 1. The monoisotopic (exact) mass is 471 g/mol. The van der Waals surface area contributed by atoms with E-state index in [1.54, 1.807) is 25.7 Å². The second kappa shape index (κ2) is 10.5. The Hall–Kier alpha value is -3.37. The van der Waals surface area contributed by atoms with Gasteiger partial charge in [0, 0.05) is 68.4 Å². The first-order valence-corrected chi connectivity index (χ1v) is 12.4. The van der Waals surface area contributed by atoms with Crippen molar-refractivity contribution in [1.82, 2.24) is 14.8 Å². The summed E-state index contributed by atoms with van der Waals surface area (Å²) < 4.78 is 0. The Kier molecular flexibility index (Phi) is 7.42. The number of likely N-dealkylation sites (tertiary alicyclic amines) is 2. The molecule has 0 aromatic carbocycles. The van der Waals surface area contributed by atoms with Crippen LogP contribution in [0.25, 0.3) is 0 Å². The molecule has 184 valence electrons. The molecule has 0 aliphatic carbocycles. The van der Waals surface area contributed by atoms with E-state index >= 15 is 0 Å². The molecule has 2 atom stereocenters. The average Bonchev–Trinajstić information content (AvgIpc) is 3.45. The summed E-state index contributed by atoms with van der Waals surface area (Å²) in [6.45, 7) is 10.9. The lowest BCUT2D eigenvalue weighted by Gasteiger charge is -2.40. The van der Waals surface area contributed by atoms with E-state index < -0.39 is 0 Å². The Morgan fingerprint density at radius 2 is 2.00 bits per heavy atom. The molecule has 1 spiro atoms. The SMILES string of the molecule is C=C(/C=C\C(=C/C)C1=CC(C(C=NC)=CN)=CN2N=CC(C#N)C12)N1CCC2(CCN(C)C2)CC1. The van der Waals surface area contributed by atoms with E-state index in [-0.39, 0.29) is 12.0 Å². The first kappa shape index (κ1) is 24.7. The number of nitrogens with two attached hydrogens (primary N) is 1.